The van der Waals surface area contributed by atoms with Gasteiger partial charge >= 0.3 is 0 Å². The van der Waals surface area contributed by atoms with Crippen molar-refractivity contribution in [2.75, 3.05) is 14.2 Å². The fraction of sp³-hybridized carbons (Fsp3) is 0.357. The van der Waals surface area contributed by atoms with Gasteiger partial charge in [0.05, 0.1) is 20.1 Å². The number of ether oxygens (including phenoxy) is 2. The Bertz CT molecular complexity index is 621. The number of carbonyl (C=O) groups excluding carboxylic acids is 1. The second kappa shape index (κ2) is 5.73. The Balaban J connectivity index is 2.35. The summed E-state index contributed by atoms with van der Waals surface area (Å²) in [7, 11) is 3.12. The van der Waals surface area contributed by atoms with Crippen molar-refractivity contribution in [1.29, 1.82) is 0 Å². The van der Waals surface area contributed by atoms with Gasteiger partial charge in [0.25, 0.3) is 0 Å². The summed E-state index contributed by atoms with van der Waals surface area (Å²) in [5.74, 6) is 1.49. The van der Waals surface area contributed by atoms with Crippen molar-refractivity contribution in [2.24, 2.45) is 0 Å². The molecule has 20 heavy (non-hydrogen) atoms. The molecular formula is C14H16N2O4. The molecule has 6 heteroatoms. The van der Waals surface area contributed by atoms with Crippen LogP contribution in [0.5, 0.6) is 11.5 Å². The molecule has 1 aromatic carbocycles. The number of benzene rings is 1. The highest BCUT2D eigenvalue weighted by molar-refractivity contribution is 5.81. The third-order valence-electron chi connectivity index (χ3n) is 3.06. The predicted molar refractivity (Wildman–Crippen MR) is 71.9 cm³/mol. The molecule has 0 aliphatic carbocycles. The fourth-order valence-electron chi connectivity index (χ4n) is 1.68. The zero-order chi connectivity index (χ0) is 14.7. The van der Waals surface area contributed by atoms with Gasteiger partial charge in [0, 0.05) is 5.56 Å². The minimum absolute atomic E-state index is 0.0208. The first-order valence-corrected chi connectivity index (χ1v) is 6.13. The number of aromatic nitrogens is 2. The molecule has 106 valence electrons. The molecule has 0 saturated heterocycles. The molecule has 0 radical (unpaired) electrons. The third-order valence-corrected chi connectivity index (χ3v) is 3.06. The van der Waals surface area contributed by atoms with Crippen molar-refractivity contribution in [1.82, 2.24) is 10.1 Å². The maximum absolute atomic E-state index is 11.3. The minimum atomic E-state index is -0.406. The number of nitrogens with zero attached hydrogens (tertiary/aromatic N) is 2. The number of hydrogen-bond donors (Lipinski definition) is 0. The first-order valence-electron chi connectivity index (χ1n) is 6.13. The summed E-state index contributed by atoms with van der Waals surface area (Å²) in [6.45, 7) is 3.22. The molecule has 0 saturated carbocycles. The number of rotatable bonds is 5. The topological polar surface area (TPSA) is 74.5 Å². The van der Waals surface area contributed by atoms with Gasteiger partial charge in [-0.15, -0.1) is 0 Å². The van der Waals surface area contributed by atoms with Gasteiger partial charge in [0.15, 0.2) is 11.5 Å². The Hall–Kier alpha value is -2.37. The molecule has 0 aliphatic heterocycles. The van der Waals surface area contributed by atoms with E-state index in [1.807, 2.05) is 0 Å². The van der Waals surface area contributed by atoms with Gasteiger partial charge in [-0.25, -0.2) is 0 Å². The van der Waals surface area contributed by atoms with E-state index in [4.69, 9.17) is 14.0 Å². The van der Waals surface area contributed by atoms with Gasteiger partial charge in [-0.1, -0.05) is 5.16 Å². The molecule has 6 nitrogen and oxygen atoms in total. The fourth-order valence-corrected chi connectivity index (χ4v) is 1.68. The molecule has 0 spiro atoms. The first kappa shape index (κ1) is 14.0. The lowest BCUT2D eigenvalue weighted by Crippen LogP contribution is -2.04. The molecule has 2 rings (SSSR count). The van der Waals surface area contributed by atoms with Crippen molar-refractivity contribution in [3.63, 3.8) is 0 Å². The van der Waals surface area contributed by atoms with Gasteiger partial charge < -0.3 is 14.0 Å². The zero-order valence-electron chi connectivity index (χ0n) is 11.8. The van der Waals surface area contributed by atoms with Gasteiger partial charge in [-0.3, -0.25) is 4.79 Å². The molecule has 1 unspecified atom stereocenters. The Morgan fingerprint density at radius 1 is 1.25 bits per heavy atom. The number of ketones is 1. The van der Waals surface area contributed by atoms with E-state index in [0.717, 1.165) is 5.56 Å². The highest BCUT2D eigenvalue weighted by atomic mass is 16.5. The third kappa shape index (κ3) is 2.64. The van der Waals surface area contributed by atoms with E-state index >= 15 is 0 Å². The summed E-state index contributed by atoms with van der Waals surface area (Å²) in [5, 5.41) is 3.89. The summed E-state index contributed by atoms with van der Waals surface area (Å²) in [6, 6.07) is 5.32. The van der Waals surface area contributed by atoms with Crippen LogP contribution >= 0.6 is 0 Å². The zero-order valence-corrected chi connectivity index (χ0v) is 11.8. The molecule has 1 aromatic heterocycles. The number of Topliss-reactive ketones (excluding diaryl/α,β-unsaturated/α-hetero) is 1. The average molecular weight is 276 g/mol. The molecule has 1 heterocycles. The lowest BCUT2D eigenvalue weighted by atomic mass is 10.1. The van der Waals surface area contributed by atoms with E-state index in [2.05, 4.69) is 10.1 Å². The Morgan fingerprint density at radius 3 is 2.55 bits per heavy atom. The number of methoxy groups -OCH3 is 2. The van der Waals surface area contributed by atoms with Crippen LogP contribution in [0.3, 0.4) is 0 Å². The lowest BCUT2D eigenvalue weighted by Gasteiger charge is -2.07. The summed E-state index contributed by atoms with van der Waals surface area (Å²) < 4.78 is 15.5. The Morgan fingerprint density at radius 2 is 1.95 bits per heavy atom. The standard InChI is InChI=1S/C14H16N2O4/c1-8(9(2)17)14-15-13(16-20-14)10-5-6-11(18-3)12(7-10)19-4/h5-8H,1-4H3. The lowest BCUT2D eigenvalue weighted by molar-refractivity contribution is -0.118. The summed E-state index contributed by atoms with van der Waals surface area (Å²) in [4.78, 5) is 15.5. The average Bonchev–Trinajstić information content (AvgIpc) is 2.95. The summed E-state index contributed by atoms with van der Waals surface area (Å²) >= 11 is 0. The molecule has 0 aliphatic rings. The van der Waals surface area contributed by atoms with Crippen LogP contribution in [0, 0.1) is 0 Å². The normalized spacial score (nSPS) is 12.0. The molecule has 0 N–H and O–H groups in total. The molecular weight excluding hydrogens is 260 g/mol. The van der Waals surface area contributed by atoms with Crippen LogP contribution in [-0.2, 0) is 4.79 Å². The van der Waals surface area contributed by atoms with Crippen LogP contribution in [0.4, 0.5) is 0 Å². The van der Waals surface area contributed by atoms with E-state index in [0.29, 0.717) is 23.2 Å². The second-order valence-electron chi connectivity index (χ2n) is 4.36. The highest BCUT2D eigenvalue weighted by Crippen LogP contribution is 2.31. The number of hydrogen-bond acceptors (Lipinski definition) is 6. The van der Waals surface area contributed by atoms with Crippen LogP contribution in [0.1, 0.15) is 25.7 Å². The second-order valence-corrected chi connectivity index (χ2v) is 4.36. The highest BCUT2D eigenvalue weighted by Gasteiger charge is 2.19. The van der Waals surface area contributed by atoms with E-state index in [1.54, 1.807) is 39.3 Å². The monoisotopic (exact) mass is 276 g/mol. The summed E-state index contributed by atoms with van der Waals surface area (Å²) in [5.41, 5.74) is 0.730. The van der Waals surface area contributed by atoms with Crippen LogP contribution in [-0.4, -0.2) is 30.1 Å². The number of carbonyl (C=O) groups is 1. The van der Waals surface area contributed by atoms with Crippen LogP contribution in [0.2, 0.25) is 0 Å². The van der Waals surface area contributed by atoms with Crippen molar-refractivity contribution < 1.29 is 18.8 Å². The van der Waals surface area contributed by atoms with Crippen molar-refractivity contribution in [3.05, 3.63) is 24.1 Å². The summed E-state index contributed by atoms with van der Waals surface area (Å²) in [6.07, 6.45) is 0. The molecule has 1 atom stereocenters. The SMILES string of the molecule is COc1ccc(-c2noc(C(C)C(C)=O)n2)cc1OC. The van der Waals surface area contributed by atoms with E-state index in [9.17, 15) is 4.79 Å². The maximum atomic E-state index is 11.3. The van der Waals surface area contributed by atoms with Gasteiger partial charge in [-0.2, -0.15) is 4.98 Å². The van der Waals surface area contributed by atoms with Crippen molar-refractivity contribution in [3.8, 4) is 22.9 Å². The molecule has 0 amide bonds. The molecule has 2 aromatic rings. The smallest absolute Gasteiger partial charge is 0.237 e. The van der Waals surface area contributed by atoms with Crippen molar-refractivity contribution >= 4 is 5.78 Å². The maximum Gasteiger partial charge on any atom is 0.237 e. The van der Waals surface area contributed by atoms with Crippen LogP contribution in [0.15, 0.2) is 22.7 Å². The van der Waals surface area contributed by atoms with E-state index < -0.39 is 5.92 Å². The predicted octanol–water partition coefficient (Wildman–Crippen LogP) is 2.45. The Kier molecular flexibility index (Phi) is 4.02. The molecule has 0 bridgehead atoms. The molecule has 0 fully saturated rings. The van der Waals surface area contributed by atoms with Gasteiger partial charge in [0.2, 0.25) is 11.7 Å². The van der Waals surface area contributed by atoms with Crippen LogP contribution < -0.4 is 9.47 Å². The minimum Gasteiger partial charge on any atom is -0.493 e. The van der Waals surface area contributed by atoms with E-state index in [1.165, 1.54) is 6.92 Å². The van der Waals surface area contributed by atoms with E-state index in [-0.39, 0.29) is 5.78 Å². The van der Waals surface area contributed by atoms with Gasteiger partial charge in [0.1, 0.15) is 5.78 Å². The first-order chi connectivity index (χ1) is 9.56. The van der Waals surface area contributed by atoms with Crippen LogP contribution in [0.25, 0.3) is 11.4 Å². The Labute approximate surface area is 116 Å². The largest absolute Gasteiger partial charge is 0.493 e. The van der Waals surface area contributed by atoms with Gasteiger partial charge in [-0.05, 0) is 32.0 Å². The van der Waals surface area contributed by atoms with Crippen molar-refractivity contribution in [2.45, 2.75) is 19.8 Å². The quantitative estimate of drug-likeness (QED) is 0.835.